The highest BCUT2D eigenvalue weighted by Gasteiger charge is 1.92. The van der Waals surface area contributed by atoms with Gasteiger partial charge in [0.1, 0.15) is 6.26 Å². The van der Waals surface area contributed by atoms with Crippen molar-refractivity contribution in [2.45, 2.75) is 6.92 Å². The van der Waals surface area contributed by atoms with Crippen LogP contribution in [-0.2, 0) is 14.6 Å². The van der Waals surface area contributed by atoms with Crippen LogP contribution in [-0.4, -0.2) is 5.97 Å². The molecule has 50 valence electrons. The number of carbonyl (C=O) groups is 1. The highest BCUT2D eigenvalue weighted by Crippen LogP contribution is 1.82. The van der Waals surface area contributed by atoms with Gasteiger partial charge >= 0.3 is 5.97 Å². The van der Waals surface area contributed by atoms with E-state index >= 15 is 0 Å². The summed E-state index contributed by atoms with van der Waals surface area (Å²) >= 11 is 0. The zero-order valence-electron chi connectivity index (χ0n) is 5.16. The molecular weight excluding hydrogens is 120 g/mol. The van der Waals surface area contributed by atoms with Gasteiger partial charge in [-0.1, -0.05) is 12.7 Å². The van der Waals surface area contributed by atoms with Crippen LogP contribution in [0.3, 0.4) is 0 Å². The molecule has 0 aliphatic heterocycles. The summed E-state index contributed by atoms with van der Waals surface area (Å²) in [5, 5.41) is 0. The van der Waals surface area contributed by atoms with E-state index < -0.39 is 5.97 Å². The lowest BCUT2D eigenvalue weighted by atomic mass is 10.5. The lowest BCUT2D eigenvalue weighted by Gasteiger charge is -1.92. The van der Waals surface area contributed by atoms with Crippen molar-refractivity contribution in [1.29, 1.82) is 0 Å². The van der Waals surface area contributed by atoms with Crippen molar-refractivity contribution in [3.8, 4) is 0 Å². The predicted molar refractivity (Wildman–Crippen MR) is 32.2 cm³/mol. The summed E-state index contributed by atoms with van der Waals surface area (Å²) in [5.41, 5.74) is 0. The molecule has 0 saturated carbocycles. The van der Waals surface area contributed by atoms with Crippen LogP contribution in [0.1, 0.15) is 6.92 Å². The maximum absolute atomic E-state index is 10.3. The molecule has 0 rings (SSSR count). The molecule has 0 N–H and O–H groups in total. The maximum atomic E-state index is 10.3. The smallest absolute Gasteiger partial charge is 0.295 e. The van der Waals surface area contributed by atoms with Crippen molar-refractivity contribution in [3.05, 3.63) is 25.0 Å². The minimum Gasteiger partial charge on any atom is -0.295 e. The largest absolute Gasteiger partial charge is 0.378 e. The van der Waals surface area contributed by atoms with Crippen LogP contribution in [0.15, 0.2) is 25.0 Å². The van der Waals surface area contributed by atoms with Gasteiger partial charge in [-0.05, 0) is 6.92 Å². The molecular formula is C6H8O3. The molecule has 0 saturated heterocycles. The highest BCUT2D eigenvalue weighted by atomic mass is 17.2. The number of allylic oxidation sites excluding steroid dienone is 1. The third kappa shape index (κ3) is 4.61. The summed E-state index contributed by atoms with van der Waals surface area (Å²) in [6.07, 6.45) is 3.82. The van der Waals surface area contributed by atoms with Crippen molar-refractivity contribution in [2.24, 2.45) is 0 Å². The Balaban J connectivity index is 3.38. The van der Waals surface area contributed by atoms with E-state index in [1.807, 2.05) is 0 Å². The molecule has 0 amide bonds. The van der Waals surface area contributed by atoms with Gasteiger partial charge in [-0.2, -0.15) is 0 Å². The van der Waals surface area contributed by atoms with Gasteiger partial charge in [-0.15, -0.1) is 0 Å². The van der Waals surface area contributed by atoms with Gasteiger partial charge in [0.15, 0.2) is 0 Å². The molecule has 0 bridgehead atoms. The van der Waals surface area contributed by atoms with Crippen LogP contribution in [0.5, 0.6) is 0 Å². The van der Waals surface area contributed by atoms with Gasteiger partial charge < -0.3 is 0 Å². The molecule has 0 atom stereocenters. The Morgan fingerprint density at radius 2 is 2.33 bits per heavy atom. The van der Waals surface area contributed by atoms with Crippen molar-refractivity contribution < 1.29 is 14.6 Å². The average molecular weight is 128 g/mol. The van der Waals surface area contributed by atoms with Crippen molar-refractivity contribution in [3.63, 3.8) is 0 Å². The molecule has 3 heteroatoms. The third-order valence-corrected chi connectivity index (χ3v) is 0.501. The topological polar surface area (TPSA) is 35.5 Å². The maximum Gasteiger partial charge on any atom is 0.378 e. The fourth-order valence-electron chi connectivity index (χ4n) is 0.245. The average Bonchev–Trinajstić information content (AvgIpc) is 1.85. The quantitative estimate of drug-likeness (QED) is 0.248. The Bertz CT molecular complexity index is 126. The second-order valence-electron chi connectivity index (χ2n) is 1.17. The van der Waals surface area contributed by atoms with E-state index in [1.54, 1.807) is 13.0 Å². The Kier molecular flexibility index (Phi) is 4.22. The Hall–Kier alpha value is -1.25. The highest BCUT2D eigenvalue weighted by molar-refractivity contribution is 5.81. The Labute approximate surface area is 53.5 Å². The summed E-state index contributed by atoms with van der Waals surface area (Å²) < 4.78 is 0. The summed E-state index contributed by atoms with van der Waals surface area (Å²) in [7, 11) is 0. The van der Waals surface area contributed by atoms with Gasteiger partial charge in [0.2, 0.25) is 0 Å². The molecule has 0 aliphatic rings. The van der Waals surface area contributed by atoms with E-state index in [2.05, 4.69) is 16.4 Å². The van der Waals surface area contributed by atoms with E-state index in [4.69, 9.17) is 0 Å². The summed E-state index contributed by atoms with van der Waals surface area (Å²) in [6.45, 7) is 4.87. The Morgan fingerprint density at radius 1 is 1.67 bits per heavy atom. The molecule has 0 fully saturated rings. The minimum atomic E-state index is -0.544. The van der Waals surface area contributed by atoms with Gasteiger partial charge in [0.25, 0.3) is 0 Å². The van der Waals surface area contributed by atoms with Crippen molar-refractivity contribution >= 4 is 5.97 Å². The first-order valence-corrected chi connectivity index (χ1v) is 2.42. The van der Waals surface area contributed by atoms with Crippen LogP contribution in [0, 0.1) is 0 Å². The molecule has 0 radical (unpaired) electrons. The monoisotopic (exact) mass is 128 g/mol. The number of hydrogen-bond donors (Lipinski definition) is 0. The molecule has 9 heavy (non-hydrogen) atoms. The van der Waals surface area contributed by atoms with Crippen LogP contribution >= 0.6 is 0 Å². The lowest BCUT2D eigenvalue weighted by molar-refractivity contribution is -0.232. The molecule has 0 aromatic heterocycles. The minimum absolute atomic E-state index is 0.544. The molecule has 3 nitrogen and oxygen atoms in total. The van der Waals surface area contributed by atoms with Gasteiger partial charge in [-0.25, -0.2) is 9.68 Å². The predicted octanol–water partition coefficient (Wildman–Crippen LogP) is 1.18. The zero-order chi connectivity index (χ0) is 7.11. The van der Waals surface area contributed by atoms with Crippen LogP contribution in [0.2, 0.25) is 0 Å². The Morgan fingerprint density at radius 3 is 2.78 bits per heavy atom. The first-order chi connectivity index (χ1) is 4.31. The first kappa shape index (κ1) is 7.75. The van der Waals surface area contributed by atoms with Crippen molar-refractivity contribution in [2.75, 3.05) is 0 Å². The normalized spacial score (nSPS) is 9.00. The van der Waals surface area contributed by atoms with Gasteiger partial charge in [-0.3, -0.25) is 4.89 Å². The second-order valence-corrected chi connectivity index (χ2v) is 1.17. The van der Waals surface area contributed by atoms with Gasteiger partial charge in [0.05, 0.1) is 0 Å². The second kappa shape index (κ2) is 4.90. The standard InChI is InChI=1S/C6H8O3/c1-3-5-6(7)9-8-4-2/h3-5H,2H2,1H3/b5-3+. The number of carbonyl (C=O) groups excluding carboxylic acids is 1. The SMILES string of the molecule is C=COOC(=O)/C=C/C. The van der Waals surface area contributed by atoms with E-state index in [0.717, 1.165) is 6.26 Å². The molecule has 0 heterocycles. The fourth-order valence-corrected chi connectivity index (χ4v) is 0.245. The van der Waals surface area contributed by atoms with Crippen LogP contribution in [0.25, 0.3) is 0 Å². The first-order valence-electron chi connectivity index (χ1n) is 2.42. The molecule has 0 unspecified atom stereocenters. The van der Waals surface area contributed by atoms with E-state index in [9.17, 15) is 4.79 Å². The number of rotatable bonds is 3. The third-order valence-electron chi connectivity index (χ3n) is 0.501. The van der Waals surface area contributed by atoms with Crippen LogP contribution in [0.4, 0.5) is 0 Å². The molecule has 0 spiro atoms. The van der Waals surface area contributed by atoms with E-state index in [1.165, 1.54) is 6.08 Å². The summed E-state index contributed by atoms with van der Waals surface area (Å²) in [4.78, 5) is 18.5. The summed E-state index contributed by atoms with van der Waals surface area (Å²) in [6, 6.07) is 0. The number of hydrogen-bond acceptors (Lipinski definition) is 3. The van der Waals surface area contributed by atoms with Crippen molar-refractivity contribution in [1.82, 2.24) is 0 Å². The van der Waals surface area contributed by atoms with E-state index in [0.29, 0.717) is 0 Å². The summed E-state index contributed by atoms with van der Waals surface area (Å²) in [5.74, 6) is -0.544. The molecule has 0 aromatic rings. The lowest BCUT2D eigenvalue weighted by Crippen LogP contribution is -1.96. The van der Waals surface area contributed by atoms with Crippen LogP contribution < -0.4 is 0 Å². The fraction of sp³-hybridized carbons (Fsp3) is 0.167. The molecule has 0 aliphatic carbocycles. The molecule has 0 aromatic carbocycles. The zero-order valence-corrected chi connectivity index (χ0v) is 5.16. The van der Waals surface area contributed by atoms with E-state index in [-0.39, 0.29) is 0 Å². The van der Waals surface area contributed by atoms with Gasteiger partial charge in [0, 0.05) is 6.08 Å².